The maximum atomic E-state index is 13.7. The Balaban J connectivity index is 1.83. The number of benzene rings is 1. The lowest BCUT2D eigenvalue weighted by Gasteiger charge is -2.39. The van der Waals surface area contributed by atoms with Gasteiger partial charge in [-0.25, -0.2) is 14.8 Å². The maximum Gasteiger partial charge on any atom is 0.326 e. The molecule has 2 heterocycles. The molecule has 1 amide bonds. The molecule has 3 rings (SSSR count). The largest absolute Gasteiger partial charge is 0.627 e. The zero-order valence-electron chi connectivity index (χ0n) is 20.6. The van der Waals surface area contributed by atoms with E-state index < -0.39 is 28.5 Å². The summed E-state index contributed by atoms with van der Waals surface area (Å²) >= 11 is 0. The van der Waals surface area contributed by atoms with Gasteiger partial charge in [-0.2, -0.15) is 9.97 Å². The summed E-state index contributed by atoms with van der Waals surface area (Å²) in [6.07, 6.45) is 1.26. The van der Waals surface area contributed by atoms with Crippen LogP contribution in [0.25, 0.3) is 11.2 Å². The monoisotopic (exact) mass is 512 g/mol. The van der Waals surface area contributed by atoms with Crippen LogP contribution in [0.2, 0.25) is 0 Å². The Kier molecular flexibility index (Phi) is 7.84. The van der Waals surface area contributed by atoms with Crippen LogP contribution in [0.1, 0.15) is 46.4 Å². The molecular formula is C23H28N8O6. The zero-order valence-corrected chi connectivity index (χ0v) is 20.6. The van der Waals surface area contributed by atoms with E-state index in [-0.39, 0.29) is 54.3 Å². The van der Waals surface area contributed by atoms with E-state index in [1.807, 2.05) is 0 Å². The van der Waals surface area contributed by atoms with E-state index >= 15 is 0 Å². The molecule has 0 saturated heterocycles. The number of aryl methyl sites for hydroxylation is 2. The molecule has 0 fully saturated rings. The summed E-state index contributed by atoms with van der Waals surface area (Å²) in [6.45, 7) is 3.25. The fourth-order valence-corrected chi connectivity index (χ4v) is 4.24. The summed E-state index contributed by atoms with van der Waals surface area (Å²) in [4.78, 5) is 51.4. The highest BCUT2D eigenvalue weighted by Gasteiger charge is 2.26. The SMILES string of the molecule is Cc1cc(C(=O)N[C@@H](CCCC(=O)O)C(=O)O)cc(C)c1[N+](C)([O-])Cc1cnc2nc(N)nc(N)c2n1. The number of carboxylic acids is 2. The summed E-state index contributed by atoms with van der Waals surface area (Å²) in [5.74, 6) is -2.95. The maximum absolute atomic E-state index is 13.7. The number of carbonyl (C=O) groups excluding carboxylic acids is 1. The second kappa shape index (κ2) is 10.7. The smallest absolute Gasteiger partial charge is 0.326 e. The molecule has 0 bridgehead atoms. The molecule has 0 aliphatic rings. The summed E-state index contributed by atoms with van der Waals surface area (Å²) in [5, 5.41) is 34.2. The van der Waals surface area contributed by atoms with Gasteiger partial charge in [-0.05, 0) is 38.8 Å². The van der Waals surface area contributed by atoms with E-state index in [2.05, 4.69) is 25.3 Å². The molecule has 196 valence electrons. The number of rotatable bonds is 10. The van der Waals surface area contributed by atoms with Crippen LogP contribution in [0.15, 0.2) is 18.3 Å². The van der Waals surface area contributed by atoms with Crippen molar-refractivity contribution < 1.29 is 24.6 Å². The standard InChI is InChI=1S/C23H28N8O6/c1-11-7-13(21(34)28-15(22(35)36)5-4-6-16(32)33)8-12(2)18(11)31(3,37)10-14-9-26-20-17(27-14)19(24)29-23(25)30-20/h7-9,15H,4-6,10H2,1-3H3,(H,28,34)(H,32,33)(H,35,36)(H4,24,25,26,29,30)/t15-,31?/m0/s1. The van der Waals surface area contributed by atoms with Gasteiger partial charge in [0, 0.05) is 23.1 Å². The summed E-state index contributed by atoms with van der Waals surface area (Å²) in [6, 6.07) is 1.76. The Morgan fingerprint density at radius 2 is 1.76 bits per heavy atom. The van der Waals surface area contributed by atoms with Crippen LogP contribution in [0.5, 0.6) is 0 Å². The van der Waals surface area contributed by atoms with Crippen molar-refractivity contribution in [1.82, 2.24) is 29.9 Å². The zero-order chi connectivity index (χ0) is 27.5. The van der Waals surface area contributed by atoms with Gasteiger partial charge in [0.05, 0.1) is 13.2 Å². The van der Waals surface area contributed by atoms with E-state index in [1.165, 1.54) is 25.4 Å². The van der Waals surface area contributed by atoms with Gasteiger partial charge in [0.1, 0.15) is 24.0 Å². The Morgan fingerprint density at radius 3 is 2.35 bits per heavy atom. The van der Waals surface area contributed by atoms with Crippen molar-refractivity contribution in [3.8, 4) is 0 Å². The number of nitrogen functional groups attached to an aromatic ring is 2. The topological polar surface area (TPSA) is 230 Å². The van der Waals surface area contributed by atoms with E-state index in [0.717, 1.165) is 0 Å². The van der Waals surface area contributed by atoms with Crippen molar-refractivity contribution in [2.75, 3.05) is 18.5 Å². The van der Waals surface area contributed by atoms with Crippen LogP contribution >= 0.6 is 0 Å². The molecule has 1 aromatic carbocycles. The second-order valence-corrected chi connectivity index (χ2v) is 8.87. The highest BCUT2D eigenvalue weighted by molar-refractivity contribution is 5.97. The van der Waals surface area contributed by atoms with Crippen LogP contribution in [0.3, 0.4) is 0 Å². The molecule has 3 aromatic rings. The van der Waals surface area contributed by atoms with Gasteiger partial charge in [-0.15, -0.1) is 0 Å². The number of aliphatic carboxylic acids is 2. The molecule has 37 heavy (non-hydrogen) atoms. The number of carboxylic acid groups (broad SMARTS) is 2. The number of nitrogens with zero attached hydrogens (tertiary/aromatic N) is 5. The number of nitrogens with one attached hydrogen (secondary N) is 1. The molecule has 0 radical (unpaired) electrons. The Labute approximate surface area is 211 Å². The molecule has 0 saturated carbocycles. The lowest BCUT2D eigenvalue weighted by molar-refractivity contribution is -0.140. The molecule has 1 unspecified atom stereocenters. The van der Waals surface area contributed by atoms with Gasteiger partial charge in [0.25, 0.3) is 5.91 Å². The first-order chi connectivity index (χ1) is 17.3. The van der Waals surface area contributed by atoms with Gasteiger partial charge in [-0.1, -0.05) is 0 Å². The number of hydrogen-bond donors (Lipinski definition) is 5. The van der Waals surface area contributed by atoms with Crippen molar-refractivity contribution in [3.63, 3.8) is 0 Å². The third-order valence-electron chi connectivity index (χ3n) is 5.68. The van der Waals surface area contributed by atoms with Crippen molar-refractivity contribution in [2.24, 2.45) is 0 Å². The van der Waals surface area contributed by atoms with E-state index in [4.69, 9.17) is 16.6 Å². The molecule has 0 spiro atoms. The predicted octanol–water partition coefficient (Wildman–Crippen LogP) is 1.27. The van der Waals surface area contributed by atoms with Crippen LogP contribution in [-0.4, -0.2) is 61.1 Å². The van der Waals surface area contributed by atoms with Crippen molar-refractivity contribution in [1.29, 1.82) is 0 Å². The number of anilines is 2. The number of amides is 1. The molecular weight excluding hydrogens is 484 g/mol. The van der Waals surface area contributed by atoms with E-state index in [9.17, 15) is 24.7 Å². The van der Waals surface area contributed by atoms with Gasteiger partial charge in [0.2, 0.25) is 5.95 Å². The number of hydroxylamine groups is 2. The molecule has 0 aliphatic heterocycles. The average Bonchev–Trinajstić information content (AvgIpc) is 2.77. The lowest BCUT2D eigenvalue weighted by atomic mass is 10.0. The summed E-state index contributed by atoms with van der Waals surface area (Å²) in [5.41, 5.74) is 13.8. The van der Waals surface area contributed by atoms with Gasteiger partial charge >= 0.3 is 11.9 Å². The van der Waals surface area contributed by atoms with Crippen molar-refractivity contribution in [2.45, 2.75) is 45.7 Å². The second-order valence-electron chi connectivity index (χ2n) is 8.87. The molecule has 0 aliphatic carbocycles. The highest BCUT2D eigenvalue weighted by Crippen LogP contribution is 2.32. The van der Waals surface area contributed by atoms with Gasteiger partial charge in [-0.3, -0.25) is 9.59 Å². The van der Waals surface area contributed by atoms with Crippen molar-refractivity contribution >= 4 is 46.5 Å². The van der Waals surface area contributed by atoms with E-state index in [0.29, 0.717) is 22.5 Å². The Morgan fingerprint density at radius 1 is 1.11 bits per heavy atom. The van der Waals surface area contributed by atoms with Crippen molar-refractivity contribution in [3.05, 3.63) is 45.9 Å². The highest BCUT2D eigenvalue weighted by atomic mass is 16.5. The van der Waals surface area contributed by atoms with Crippen LogP contribution < -0.4 is 21.4 Å². The van der Waals surface area contributed by atoms with E-state index in [1.54, 1.807) is 13.8 Å². The van der Waals surface area contributed by atoms with Crippen LogP contribution in [-0.2, 0) is 16.1 Å². The third kappa shape index (κ3) is 6.42. The predicted molar refractivity (Wildman–Crippen MR) is 135 cm³/mol. The first-order valence-electron chi connectivity index (χ1n) is 11.3. The van der Waals surface area contributed by atoms with Gasteiger partial charge in [0.15, 0.2) is 17.0 Å². The molecule has 2 aromatic heterocycles. The number of hydrogen-bond acceptors (Lipinski definition) is 10. The van der Waals surface area contributed by atoms with Crippen LogP contribution in [0.4, 0.5) is 17.5 Å². The Bertz CT molecular complexity index is 1350. The van der Waals surface area contributed by atoms with Gasteiger partial charge < -0.3 is 36.9 Å². The normalized spacial score (nSPS) is 13.6. The number of carbonyl (C=O) groups is 3. The number of fused-ring (bicyclic) bond motifs is 1. The summed E-state index contributed by atoms with van der Waals surface area (Å²) < 4.78 is -0.873. The minimum absolute atomic E-state index is 0.0338. The molecule has 2 atom stereocenters. The van der Waals surface area contributed by atoms with Crippen LogP contribution in [0, 0.1) is 19.1 Å². The molecule has 7 N–H and O–H groups in total. The minimum atomic E-state index is -1.27. The third-order valence-corrected chi connectivity index (χ3v) is 5.68. The fourth-order valence-electron chi connectivity index (χ4n) is 4.24. The number of quaternary nitrogens is 1. The summed E-state index contributed by atoms with van der Waals surface area (Å²) in [7, 11) is 1.44. The lowest BCUT2D eigenvalue weighted by Crippen LogP contribution is -2.41. The fraction of sp³-hybridized carbons (Fsp3) is 0.348. The molecule has 14 nitrogen and oxygen atoms in total. The first kappa shape index (κ1) is 27.2. The quantitative estimate of drug-likeness (QED) is 0.191. The first-order valence-corrected chi connectivity index (χ1v) is 11.3. The molecule has 14 heteroatoms. The number of aromatic nitrogens is 4. The number of nitrogens with two attached hydrogens (primary N) is 2. The average molecular weight is 513 g/mol. The Hall–Kier alpha value is -4.43. The minimum Gasteiger partial charge on any atom is -0.627 e.